The number of benzene rings is 2. The molecule has 0 aromatic heterocycles. The molecule has 3 rings (SSSR count). The van der Waals surface area contributed by atoms with Crippen molar-refractivity contribution in [3.05, 3.63) is 41.8 Å². The molecule has 1 aromatic rings. The maximum absolute atomic E-state index is 10.9. The molecule has 32 heavy (non-hydrogen) atoms. The van der Waals surface area contributed by atoms with E-state index in [2.05, 4.69) is 4.98 Å². The van der Waals surface area contributed by atoms with Gasteiger partial charge in [-0.15, -0.1) is 0 Å². The first-order chi connectivity index (χ1) is 14.7. The van der Waals surface area contributed by atoms with Crippen LogP contribution in [-0.2, 0) is 14.9 Å². The molecule has 1 aromatic carbocycles. The minimum Gasteiger partial charge on any atom is -0.748 e. The van der Waals surface area contributed by atoms with E-state index in [0.29, 0.717) is 42.2 Å². The van der Waals surface area contributed by atoms with Crippen LogP contribution in [0.1, 0.15) is 19.8 Å². The van der Waals surface area contributed by atoms with Crippen LogP contribution in [0.3, 0.4) is 0 Å². The fourth-order valence-electron chi connectivity index (χ4n) is 3.33. The summed E-state index contributed by atoms with van der Waals surface area (Å²) in [6.07, 6.45) is 0.165. The van der Waals surface area contributed by atoms with Gasteiger partial charge in [0.2, 0.25) is 5.36 Å². The van der Waals surface area contributed by atoms with E-state index in [1.165, 1.54) is 0 Å². The second-order valence-electron chi connectivity index (χ2n) is 7.26. The maximum atomic E-state index is 10.9. The van der Waals surface area contributed by atoms with Crippen LogP contribution in [0.5, 0.6) is 0 Å². The van der Waals surface area contributed by atoms with Gasteiger partial charge in [-0.1, -0.05) is 0 Å². The van der Waals surface area contributed by atoms with E-state index in [4.69, 9.17) is 4.42 Å². The van der Waals surface area contributed by atoms with Gasteiger partial charge in [0.25, 0.3) is 0 Å². The van der Waals surface area contributed by atoms with Crippen LogP contribution in [0, 0.1) is 0 Å². The standard InChI is InChI=1S/C21H25N3O6S.Na/c1-3-24(10-4-12-31(27,28)29)16-6-8-18-20(14-16)30-19-13-15(5-7-17(19)22-18)23(2)11-9-21(25)26;/h5-8,13-14H,3-4,9-12H2,1-2H3,(H-,25,26,27,28,29);/q;+1/p-1. The number of hydrogen-bond acceptors (Lipinski definition) is 8. The Balaban J connectivity index is 0.00000363. The van der Waals surface area contributed by atoms with E-state index in [0.717, 1.165) is 11.0 Å². The molecule has 0 saturated heterocycles. The molecule has 0 unspecified atom stereocenters. The fourth-order valence-corrected chi connectivity index (χ4v) is 3.81. The molecule has 0 fully saturated rings. The number of carbonyl (C=O) groups excluding carboxylic acids is 1. The van der Waals surface area contributed by atoms with Gasteiger partial charge in [-0.05, 0) is 31.5 Å². The zero-order valence-corrected chi connectivity index (χ0v) is 21.2. The van der Waals surface area contributed by atoms with Crippen molar-refractivity contribution in [1.82, 2.24) is 9.56 Å². The fraction of sp³-hybridized carbons (Fsp3) is 0.381. The predicted octanol–water partition coefficient (Wildman–Crippen LogP) is -2.76. The molecule has 11 heteroatoms. The summed E-state index contributed by atoms with van der Waals surface area (Å²) in [7, 11) is -2.44. The van der Waals surface area contributed by atoms with Gasteiger partial charge >= 0.3 is 29.6 Å². The number of carboxylic acids is 1. The van der Waals surface area contributed by atoms with Gasteiger partial charge in [0.05, 0.1) is 16.2 Å². The van der Waals surface area contributed by atoms with Crippen molar-refractivity contribution in [2.45, 2.75) is 19.8 Å². The number of aromatic nitrogens is 1. The zero-order chi connectivity index (χ0) is 22.6. The number of carbonyl (C=O) groups is 1. The average Bonchev–Trinajstić information content (AvgIpc) is 2.72. The van der Waals surface area contributed by atoms with E-state index in [1.807, 2.05) is 42.2 Å². The van der Waals surface area contributed by atoms with Crippen molar-refractivity contribution < 1.29 is 56.8 Å². The predicted molar refractivity (Wildman–Crippen MR) is 113 cm³/mol. The molecule has 2 aliphatic rings. The minimum atomic E-state index is -4.23. The topological polar surface area (TPSA) is 130 Å². The summed E-state index contributed by atoms with van der Waals surface area (Å²) < 4.78 is 40.4. The number of hydrogen-bond donors (Lipinski definition) is 0. The van der Waals surface area contributed by atoms with Crippen molar-refractivity contribution in [3.63, 3.8) is 0 Å². The molecular weight excluding hydrogens is 445 g/mol. The van der Waals surface area contributed by atoms with Crippen LogP contribution in [0.25, 0.3) is 22.6 Å². The molecule has 0 spiro atoms. The van der Waals surface area contributed by atoms with Crippen molar-refractivity contribution in [2.75, 3.05) is 37.3 Å². The van der Waals surface area contributed by atoms with Crippen LogP contribution in [0.2, 0.25) is 0 Å². The van der Waals surface area contributed by atoms with E-state index >= 15 is 0 Å². The van der Waals surface area contributed by atoms with Crippen LogP contribution in [0.15, 0.2) is 40.8 Å². The SMILES string of the molecule is CCN(CCCS(=O)(=O)[O-])c1ccc2nc3ccc(=[N+](C)CCC(=O)[O-])cc-3oc2c1.[Na+]. The normalized spacial score (nSPS) is 12.5. The van der Waals surface area contributed by atoms with Gasteiger partial charge in [0, 0.05) is 49.1 Å². The number of anilines is 1. The molecular formula is C21H24N3NaO6S. The quantitative estimate of drug-likeness (QED) is 0.143. The van der Waals surface area contributed by atoms with E-state index in [9.17, 15) is 22.9 Å². The number of aliphatic carboxylic acids is 1. The molecule has 9 nitrogen and oxygen atoms in total. The van der Waals surface area contributed by atoms with Crippen LogP contribution < -0.4 is 49.5 Å². The summed E-state index contributed by atoms with van der Waals surface area (Å²) in [6.45, 7) is 3.32. The average molecular weight is 469 g/mol. The molecule has 1 aliphatic carbocycles. The van der Waals surface area contributed by atoms with Gasteiger partial charge in [-0.3, -0.25) is 0 Å². The van der Waals surface area contributed by atoms with Gasteiger partial charge < -0.3 is 23.8 Å². The summed E-state index contributed by atoms with van der Waals surface area (Å²) in [4.78, 5) is 17.3. The Labute approximate surface area is 208 Å². The summed E-state index contributed by atoms with van der Waals surface area (Å²) in [5.74, 6) is -0.948. The van der Waals surface area contributed by atoms with Gasteiger partial charge in [0.1, 0.15) is 24.8 Å². The van der Waals surface area contributed by atoms with Crippen molar-refractivity contribution in [2.24, 2.45) is 0 Å². The van der Waals surface area contributed by atoms with Crippen molar-refractivity contribution in [1.29, 1.82) is 0 Å². The Bertz CT molecular complexity index is 1240. The van der Waals surface area contributed by atoms with Gasteiger partial charge in [0.15, 0.2) is 11.3 Å². The summed E-state index contributed by atoms with van der Waals surface area (Å²) in [5, 5.41) is 11.5. The first kappa shape index (κ1) is 26.3. The smallest absolute Gasteiger partial charge is 0.748 e. The third kappa shape index (κ3) is 7.01. The first-order valence-corrected chi connectivity index (χ1v) is 11.5. The van der Waals surface area contributed by atoms with Crippen molar-refractivity contribution in [3.8, 4) is 11.5 Å². The van der Waals surface area contributed by atoms with Crippen molar-refractivity contribution >= 4 is 32.9 Å². The Morgan fingerprint density at radius 3 is 2.62 bits per heavy atom. The maximum Gasteiger partial charge on any atom is 1.00 e. The zero-order valence-electron chi connectivity index (χ0n) is 18.4. The number of fused-ring (bicyclic) bond motifs is 2. The van der Waals surface area contributed by atoms with Crippen LogP contribution >= 0.6 is 0 Å². The van der Waals surface area contributed by atoms with Gasteiger partial charge in [-0.25, -0.2) is 18.0 Å². The third-order valence-electron chi connectivity index (χ3n) is 5.01. The Morgan fingerprint density at radius 2 is 1.97 bits per heavy atom. The van der Waals surface area contributed by atoms with E-state index in [-0.39, 0.29) is 42.4 Å². The molecule has 0 bridgehead atoms. The monoisotopic (exact) mass is 469 g/mol. The van der Waals surface area contributed by atoms with Crippen LogP contribution in [0.4, 0.5) is 5.69 Å². The Morgan fingerprint density at radius 1 is 1.22 bits per heavy atom. The second-order valence-corrected chi connectivity index (χ2v) is 8.78. The summed E-state index contributed by atoms with van der Waals surface area (Å²) >= 11 is 0. The van der Waals surface area contributed by atoms with Gasteiger partial charge in [-0.2, -0.15) is 0 Å². The van der Waals surface area contributed by atoms with Crippen LogP contribution in [-0.4, -0.2) is 56.4 Å². The summed E-state index contributed by atoms with van der Waals surface area (Å²) in [5.41, 5.74) is 2.75. The number of carboxylic acid groups (broad SMARTS) is 1. The molecule has 1 heterocycles. The molecule has 0 N–H and O–H groups in total. The number of rotatable bonds is 9. The molecule has 1 aliphatic heterocycles. The largest absolute Gasteiger partial charge is 1.00 e. The summed E-state index contributed by atoms with van der Waals surface area (Å²) in [6, 6.07) is 11.0. The minimum absolute atomic E-state index is 0. The molecule has 0 radical (unpaired) electrons. The Hall–Kier alpha value is -1.98. The van der Waals surface area contributed by atoms with E-state index in [1.54, 1.807) is 17.7 Å². The molecule has 0 saturated carbocycles. The Kier molecular flexibility index (Phi) is 9.23. The third-order valence-corrected chi connectivity index (χ3v) is 5.80. The first-order valence-electron chi connectivity index (χ1n) is 9.93. The molecule has 166 valence electrons. The second kappa shape index (κ2) is 11.2. The van der Waals surface area contributed by atoms with E-state index < -0.39 is 21.8 Å². The molecule has 0 atom stereocenters. The molecule has 0 amide bonds. The number of nitrogens with zero attached hydrogens (tertiary/aromatic N) is 3.